The van der Waals surface area contributed by atoms with E-state index in [0.29, 0.717) is 23.9 Å². The summed E-state index contributed by atoms with van der Waals surface area (Å²) in [6, 6.07) is 22.7. The SMILES string of the molecule is Cc1ccccc1-c1nnc(-c2ccc(C(=O)NCc3ccc(-n4cncn4)cc3)cc2)o1. The third kappa shape index (κ3) is 4.40. The summed E-state index contributed by atoms with van der Waals surface area (Å²) in [5.74, 6) is 0.723. The van der Waals surface area contributed by atoms with Crippen LogP contribution >= 0.6 is 0 Å². The number of nitrogens with one attached hydrogen (secondary N) is 1. The highest BCUT2D eigenvalue weighted by molar-refractivity contribution is 5.94. The van der Waals surface area contributed by atoms with Gasteiger partial charge in [-0.15, -0.1) is 10.2 Å². The van der Waals surface area contributed by atoms with Crippen molar-refractivity contribution in [1.82, 2.24) is 30.3 Å². The van der Waals surface area contributed by atoms with E-state index in [1.807, 2.05) is 55.5 Å². The summed E-state index contributed by atoms with van der Waals surface area (Å²) in [6.07, 6.45) is 3.12. The first kappa shape index (κ1) is 20.3. The summed E-state index contributed by atoms with van der Waals surface area (Å²) in [4.78, 5) is 16.5. The number of hydrogen-bond acceptors (Lipinski definition) is 6. The third-order valence-corrected chi connectivity index (χ3v) is 5.27. The van der Waals surface area contributed by atoms with Crippen molar-refractivity contribution in [2.24, 2.45) is 0 Å². The molecule has 0 unspecified atom stereocenters. The molecule has 1 N–H and O–H groups in total. The molecule has 0 saturated carbocycles. The number of carbonyl (C=O) groups excluding carboxylic acids is 1. The van der Waals surface area contributed by atoms with Gasteiger partial charge >= 0.3 is 0 Å². The van der Waals surface area contributed by atoms with Gasteiger partial charge in [-0.3, -0.25) is 4.79 Å². The molecule has 8 nitrogen and oxygen atoms in total. The minimum atomic E-state index is -0.159. The molecular formula is C25H20N6O2. The molecule has 33 heavy (non-hydrogen) atoms. The molecule has 0 bridgehead atoms. The van der Waals surface area contributed by atoms with E-state index >= 15 is 0 Å². The number of nitrogens with zero attached hydrogens (tertiary/aromatic N) is 5. The Labute approximate surface area is 189 Å². The Kier molecular flexibility index (Phi) is 5.47. The van der Waals surface area contributed by atoms with Gasteiger partial charge in [-0.05, 0) is 60.5 Å². The van der Waals surface area contributed by atoms with Gasteiger partial charge in [0.2, 0.25) is 11.8 Å². The highest BCUT2D eigenvalue weighted by Gasteiger charge is 2.13. The zero-order chi connectivity index (χ0) is 22.6. The van der Waals surface area contributed by atoms with Crippen LogP contribution in [0.15, 0.2) is 89.9 Å². The fraction of sp³-hybridized carbons (Fsp3) is 0.0800. The Morgan fingerprint density at radius 3 is 2.42 bits per heavy atom. The first-order valence-electron chi connectivity index (χ1n) is 10.4. The third-order valence-electron chi connectivity index (χ3n) is 5.27. The molecule has 0 saturated heterocycles. The van der Waals surface area contributed by atoms with Crippen molar-refractivity contribution >= 4 is 5.91 Å². The van der Waals surface area contributed by atoms with Crippen LogP contribution in [0.2, 0.25) is 0 Å². The van der Waals surface area contributed by atoms with Crippen LogP contribution in [0, 0.1) is 6.92 Å². The van der Waals surface area contributed by atoms with Gasteiger partial charge in [0, 0.05) is 23.2 Å². The normalized spacial score (nSPS) is 10.8. The van der Waals surface area contributed by atoms with Gasteiger partial charge in [-0.1, -0.05) is 30.3 Å². The maximum absolute atomic E-state index is 12.6. The van der Waals surface area contributed by atoms with Gasteiger partial charge in [-0.2, -0.15) is 5.10 Å². The molecule has 3 aromatic carbocycles. The summed E-state index contributed by atoms with van der Waals surface area (Å²) < 4.78 is 7.52. The van der Waals surface area contributed by atoms with Crippen molar-refractivity contribution in [2.75, 3.05) is 0 Å². The van der Waals surface area contributed by atoms with E-state index < -0.39 is 0 Å². The molecule has 2 heterocycles. The number of amides is 1. The number of carbonyl (C=O) groups is 1. The fourth-order valence-electron chi connectivity index (χ4n) is 3.42. The Morgan fingerprint density at radius 2 is 1.70 bits per heavy atom. The largest absolute Gasteiger partial charge is 0.416 e. The summed E-state index contributed by atoms with van der Waals surface area (Å²) in [7, 11) is 0. The van der Waals surface area contributed by atoms with Gasteiger partial charge in [0.25, 0.3) is 5.91 Å². The molecule has 0 radical (unpaired) electrons. The summed E-state index contributed by atoms with van der Waals surface area (Å²) >= 11 is 0. The Hall–Kier alpha value is -4.59. The second kappa shape index (κ2) is 8.88. The number of hydrogen-bond donors (Lipinski definition) is 1. The molecule has 0 fully saturated rings. The molecule has 1 amide bonds. The highest BCUT2D eigenvalue weighted by atomic mass is 16.4. The van der Waals surface area contributed by atoms with E-state index in [-0.39, 0.29) is 5.91 Å². The summed E-state index contributed by atoms with van der Waals surface area (Å²) in [5, 5.41) is 15.4. The van der Waals surface area contributed by atoms with Gasteiger partial charge in [0.1, 0.15) is 12.7 Å². The number of benzene rings is 3. The Balaban J connectivity index is 1.22. The monoisotopic (exact) mass is 436 g/mol. The number of rotatable bonds is 6. The van der Waals surface area contributed by atoms with Crippen LogP contribution in [0.1, 0.15) is 21.5 Å². The smallest absolute Gasteiger partial charge is 0.251 e. The van der Waals surface area contributed by atoms with Crippen molar-refractivity contribution in [3.8, 4) is 28.6 Å². The minimum absolute atomic E-state index is 0.159. The van der Waals surface area contributed by atoms with Crippen LogP contribution in [0.5, 0.6) is 0 Å². The van der Waals surface area contributed by atoms with E-state index in [9.17, 15) is 4.79 Å². The van der Waals surface area contributed by atoms with Crippen LogP contribution < -0.4 is 5.32 Å². The highest BCUT2D eigenvalue weighted by Crippen LogP contribution is 2.26. The van der Waals surface area contributed by atoms with E-state index in [2.05, 4.69) is 25.6 Å². The zero-order valence-corrected chi connectivity index (χ0v) is 17.8. The maximum atomic E-state index is 12.6. The van der Waals surface area contributed by atoms with Crippen molar-refractivity contribution in [3.63, 3.8) is 0 Å². The zero-order valence-electron chi connectivity index (χ0n) is 17.8. The molecule has 0 aliphatic rings. The molecule has 5 aromatic rings. The van der Waals surface area contributed by atoms with Crippen molar-refractivity contribution in [2.45, 2.75) is 13.5 Å². The first-order valence-corrected chi connectivity index (χ1v) is 10.4. The second-order valence-corrected chi connectivity index (χ2v) is 7.49. The van der Waals surface area contributed by atoms with Crippen LogP contribution in [-0.2, 0) is 6.54 Å². The first-order chi connectivity index (χ1) is 16.2. The lowest BCUT2D eigenvalue weighted by Gasteiger charge is -2.07. The standard InChI is InChI=1S/C25H20N6O2/c1-17-4-2-3-5-22(17)25-30-29-24(33-25)20-10-8-19(9-11-20)23(32)27-14-18-6-12-21(13-7-18)31-16-26-15-28-31/h2-13,15-16H,14H2,1H3,(H,27,32). The number of aryl methyl sites for hydroxylation is 1. The molecule has 0 atom stereocenters. The molecule has 162 valence electrons. The van der Waals surface area contributed by atoms with Crippen molar-refractivity contribution < 1.29 is 9.21 Å². The lowest BCUT2D eigenvalue weighted by atomic mass is 10.1. The summed E-state index contributed by atoms with van der Waals surface area (Å²) in [5.41, 5.74) is 5.16. The molecule has 8 heteroatoms. The average Bonchev–Trinajstić information content (AvgIpc) is 3.56. The molecule has 0 aliphatic heterocycles. The average molecular weight is 436 g/mol. The molecule has 0 aliphatic carbocycles. The predicted molar refractivity (Wildman–Crippen MR) is 122 cm³/mol. The molecule has 5 rings (SSSR count). The Morgan fingerprint density at radius 1 is 0.939 bits per heavy atom. The van der Waals surface area contributed by atoms with Gasteiger partial charge in [0.15, 0.2) is 0 Å². The van der Waals surface area contributed by atoms with Gasteiger partial charge < -0.3 is 9.73 Å². The van der Waals surface area contributed by atoms with E-state index in [0.717, 1.165) is 27.9 Å². The van der Waals surface area contributed by atoms with Crippen LogP contribution in [0.25, 0.3) is 28.6 Å². The topological polar surface area (TPSA) is 98.7 Å². The number of aromatic nitrogens is 5. The second-order valence-electron chi connectivity index (χ2n) is 7.49. The predicted octanol–water partition coefficient (Wildman–Crippen LogP) is 4.22. The van der Waals surface area contributed by atoms with Crippen LogP contribution in [0.4, 0.5) is 0 Å². The minimum Gasteiger partial charge on any atom is -0.416 e. The van der Waals surface area contributed by atoms with Gasteiger partial charge in [0.05, 0.1) is 5.69 Å². The van der Waals surface area contributed by atoms with Gasteiger partial charge in [-0.25, -0.2) is 9.67 Å². The molecule has 2 aromatic heterocycles. The van der Waals surface area contributed by atoms with Crippen molar-refractivity contribution in [1.29, 1.82) is 0 Å². The van der Waals surface area contributed by atoms with Crippen molar-refractivity contribution in [3.05, 3.63) is 102 Å². The quantitative estimate of drug-likeness (QED) is 0.428. The Bertz CT molecular complexity index is 1370. The van der Waals surface area contributed by atoms with E-state index in [1.54, 1.807) is 35.3 Å². The lowest BCUT2D eigenvalue weighted by Crippen LogP contribution is -2.22. The molecular weight excluding hydrogens is 416 g/mol. The maximum Gasteiger partial charge on any atom is 0.251 e. The van der Waals surface area contributed by atoms with Crippen LogP contribution in [0.3, 0.4) is 0 Å². The van der Waals surface area contributed by atoms with E-state index in [1.165, 1.54) is 6.33 Å². The van der Waals surface area contributed by atoms with E-state index in [4.69, 9.17) is 4.42 Å². The fourth-order valence-corrected chi connectivity index (χ4v) is 3.42. The molecule has 0 spiro atoms. The van der Waals surface area contributed by atoms with Crippen LogP contribution in [-0.4, -0.2) is 30.9 Å². The lowest BCUT2D eigenvalue weighted by molar-refractivity contribution is 0.0951. The summed E-state index contributed by atoms with van der Waals surface area (Å²) in [6.45, 7) is 2.42.